The van der Waals surface area contributed by atoms with Crippen molar-refractivity contribution in [2.75, 3.05) is 11.1 Å². The number of nitrogens with two attached hydrogens (primary N) is 1. The van der Waals surface area contributed by atoms with Crippen molar-refractivity contribution in [3.63, 3.8) is 0 Å². The first kappa shape index (κ1) is 12.4. The van der Waals surface area contributed by atoms with Crippen molar-refractivity contribution in [2.45, 2.75) is 19.9 Å². The number of nitrogens with one attached hydrogen (secondary N) is 1. The van der Waals surface area contributed by atoms with Gasteiger partial charge in [-0.2, -0.15) is 0 Å². The third kappa shape index (κ3) is 3.00. The smallest absolute Gasteiger partial charge is 0.127 e. The van der Waals surface area contributed by atoms with E-state index in [0.717, 1.165) is 6.42 Å². The van der Waals surface area contributed by atoms with Crippen LogP contribution in [0.25, 0.3) is 0 Å². The van der Waals surface area contributed by atoms with Gasteiger partial charge in [0.15, 0.2) is 0 Å². The van der Waals surface area contributed by atoms with Gasteiger partial charge in [0, 0.05) is 17.9 Å². The Bertz CT molecular complexity index is 518. The predicted molar refractivity (Wildman–Crippen MR) is 74.0 cm³/mol. The number of nitrogen functional groups attached to an aromatic ring is 1. The Hall–Kier alpha value is -2.03. The Balaban J connectivity index is 2.11. The Morgan fingerprint density at radius 3 is 2.50 bits per heavy atom. The van der Waals surface area contributed by atoms with Crippen LogP contribution in [0, 0.1) is 5.82 Å². The molecule has 2 aromatic carbocycles. The van der Waals surface area contributed by atoms with Crippen LogP contribution in [0.1, 0.15) is 18.1 Å². The molecule has 0 heterocycles. The summed E-state index contributed by atoms with van der Waals surface area (Å²) in [5.74, 6) is -0.318. The number of hydrogen-bond donors (Lipinski definition) is 2. The van der Waals surface area contributed by atoms with Gasteiger partial charge in [-0.1, -0.05) is 31.2 Å². The Labute approximate surface area is 107 Å². The Morgan fingerprint density at radius 2 is 1.83 bits per heavy atom. The van der Waals surface area contributed by atoms with Crippen molar-refractivity contribution in [1.29, 1.82) is 0 Å². The van der Waals surface area contributed by atoms with Gasteiger partial charge in [-0.05, 0) is 35.7 Å². The quantitative estimate of drug-likeness (QED) is 0.807. The number of aryl methyl sites for hydroxylation is 1. The minimum atomic E-state index is -0.318. The van der Waals surface area contributed by atoms with Crippen LogP contribution < -0.4 is 11.1 Å². The molecule has 3 heteroatoms. The molecule has 0 amide bonds. The molecule has 0 saturated carbocycles. The highest BCUT2D eigenvalue weighted by molar-refractivity contribution is 5.55. The lowest BCUT2D eigenvalue weighted by molar-refractivity contribution is 0.629. The van der Waals surface area contributed by atoms with Gasteiger partial charge in [-0.3, -0.25) is 0 Å². The summed E-state index contributed by atoms with van der Waals surface area (Å²) < 4.78 is 13.2. The van der Waals surface area contributed by atoms with E-state index in [2.05, 4.69) is 24.4 Å². The summed E-state index contributed by atoms with van der Waals surface area (Å²) in [6, 6.07) is 12.7. The molecule has 2 rings (SSSR count). The minimum Gasteiger partial charge on any atom is -0.399 e. The van der Waals surface area contributed by atoms with E-state index in [9.17, 15) is 4.39 Å². The largest absolute Gasteiger partial charge is 0.399 e. The molecule has 0 fully saturated rings. The SMILES string of the molecule is CCc1ccccc1CNc1cc(N)cc(F)c1. The molecule has 0 radical (unpaired) electrons. The molecule has 18 heavy (non-hydrogen) atoms. The number of halogens is 1. The van der Waals surface area contributed by atoms with Crippen LogP contribution in [0.15, 0.2) is 42.5 Å². The van der Waals surface area contributed by atoms with E-state index in [-0.39, 0.29) is 5.82 Å². The van der Waals surface area contributed by atoms with Crippen LogP contribution in [-0.2, 0) is 13.0 Å². The lowest BCUT2D eigenvalue weighted by atomic mass is 10.1. The standard InChI is InChI=1S/C15H17FN2/c1-2-11-5-3-4-6-12(11)10-18-15-8-13(16)7-14(17)9-15/h3-9,18H,2,10,17H2,1H3. The lowest BCUT2D eigenvalue weighted by Gasteiger charge is -2.11. The second-order valence-corrected chi connectivity index (χ2v) is 4.25. The van der Waals surface area contributed by atoms with Crippen molar-refractivity contribution in [1.82, 2.24) is 0 Å². The van der Waals surface area contributed by atoms with Crippen LogP contribution >= 0.6 is 0 Å². The van der Waals surface area contributed by atoms with Gasteiger partial charge in [0.1, 0.15) is 5.82 Å². The lowest BCUT2D eigenvalue weighted by Crippen LogP contribution is -2.03. The molecule has 2 aromatic rings. The van der Waals surface area contributed by atoms with Crippen molar-refractivity contribution >= 4 is 11.4 Å². The Kier molecular flexibility index (Phi) is 3.82. The summed E-state index contributed by atoms with van der Waals surface area (Å²) in [6.45, 7) is 2.80. The van der Waals surface area contributed by atoms with Gasteiger partial charge in [-0.15, -0.1) is 0 Å². The van der Waals surface area contributed by atoms with Crippen molar-refractivity contribution in [3.05, 3.63) is 59.4 Å². The molecule has 0 unspecified atom stereocenters. The first-order valence-electron chi connectivity index (χ1n) is 6.05. The number of rotatable bonds is 4. The van der Waals surface area contributed by atoms with E-state index in [1.165, 1.54) is 23.3 Å². The molecule has 0 aliphatic heterocycles. The summed E-state index contributed by atoms with van der Waals surface area (Å²) in [4.78, 5) is 0. The van der Waals surface area contributed by atoms with Crippen LogP contribution in [0.5, 0.6) is 0 Å². The molecule has 0 aliphatic rings. The van der Waals surface area contributed by atoms with Gasteiger partial charge in [0.25, 0.3) is 0 Å². The molecular weight excluding hydrogens is 227 g/mol. The molecule has 0 aliphatic carbocycles. The van der Waals surface area contributed by atoms with Gasteiger partial charge in [-0.25, -0.2) is 4.39 Å². The maximum absolute atomic E-state index is 13.2. The summed E-state index contributed by atoms with van der Waals surface area (Å²) >= 11 is 0. The molecule has 0 spiro atoms. The molecule has 2 nitrogen and oxygen atoms in total. The highest BCUT2D eigenvalue weighted by atomic mass is 19.1. The van der Waals surface area contributed by atoms with E-state index < -0.39 is 0 Å². The topological polar surface area (TPSA) is 38.0 Å². The van der Waals surface area contributed by atoms with Crippen LogP contribution in [0.4, 0.5) is 15.8 Å². The summed E-state index contributed by atoms with van der Waals surface area (Å²) in [6.07, 6.45) is 0.989. The monoisotopic (exact) mass is 244 g/mol. The predicted octanol–water partition coefficient (Wildman–Crippen LogP) is 3.58. The van der Waals surface area contributed by atoms with Gasteiger partial charge >= 0.3 is 0 Å². The average molecular weight is 244 g/mol. The van der Waals surface area contributed by atoms with Crippen LogP contribution in [-0.4, -0.2) is 0 Å². The normalized spacial score (nSPS) is 10.3. The zero-order valence-electron chi connectivity index (χ0n) is 10.4. The number of anilines is 2. The third-order valence-corrected chi connectivity index (χ3v) is 2.90. The first-order chi connectivity index (χ1) is 8.69. The second kappa shape index (κ2) is 5.54. The van der Waals surface area contributed by atoms with E-state index >= 15 is 0 Å². The van der Waals surface area contributed by atoms with Crippen LogP contribution in [0.2, 0.25) is 0 Å². The zero-order valence-corrected chi connectivity index (χ0v) is 10.4. The fraction of sp³-hybridized carbons (Fsp3) is 0.200. The van der Waals surface area contributed by atoms with Crippen LogP contribution in [0.3, 0.4) is 0 Å². The molecule has 0 bridgehead atoms. The van der Waals surface area contributed by atoms with E-state index in [1.54, 1.807) is 6.07 Å². The molecule has 3 N–H and O–H groups in total. The summed E-state index contributed by atoms with van der Waals surface area (Å²) in [5.41, 5.74) is 9.27. The van der Waals surface area contributed by atoms with Gasteiger partial charge < -0.3 is 11.1 Å². The molecule has 0 aromatic heterocycles. The van der Waals surface area contributed by atoms with E-state index in [4.69, 9.17) is 5.73 Å². The number of benzene rings is 2. The maximum Gasteiger partial charge on any atom is 0.127 e. The number of hydrogen-bond acceptors (Lipinski definition) is 2. The Morgan fingerprint density at radius 1 is 1.11 bits per heavy atom. The third-order valence-electron chi connectivity index (χ3n) is 2.90. The average Bonchev–Trinajstić information content (AvgIpc) is 2.35. The molecule has 0 saturated heterocycles. The molecule has 0 atom stereocenters. The maximum atomic E-state index is 13.2. The fourth-order valence-corrected chi connectivity index (χ4v) is 1.99. The molecular formula is C15H17FN2. The van der Waals surface area contributed by atoms with Crippen molar-refractivity contribution in [3.8, 4) is 0 Å². The van der Waals surface area contributed by atoms with Gasteiger partial charge in [0.05, 0.1) is 0 Å². The molecule has 94 valence electrons. The highest BCUT2D eigenvalue weighted by Gasteiger charge is 2.01. The first-order valence-corrected chi connectivity index (χ1v) is 6.05. The second-order valence-electron chi connectivity index (χ2n) is 4.25. The van der Waals surface area contributed by atoms with Gasteiger partial charge in [0.2, 0.25) is 0 Å². The van der Waals surface area contributed by atoms with E-state index in [0.29, 0.717) is 17.9 Å². The minimum absolute atomic E-state index is 0.318. The fourth-order valence-electron chi connectivity index (χ4n) is 1.99. The van der Waals surface area contributed by atoms with Crippen molar-refractivity contribution in [2.24, 2.45) is 0 Å². The summed E-state index contributed by atoms with van der Waals surface area (Å²) in [7, 11) is 0. The van der Waals surface area contributed by atoms with E-state index in [1.807, 2.05) is 12.1 Å². The van der Waals surface area contributed by atoms with Crippen molar-refractivity contribution < 1.29 is 4.39 Å². The summed E-state index contributed by atoms with van der Waals surface area (Å²) in [5, 5.41) is 3.20. The highest BCUT2D eigenvalue weighted by Crippen LogP contribution is 2.17. The zero-order chi connectivity index (χ0) is 13.0.